The van der Waals surface area contributed by atoms with Gasteiger partial charge in [0.1, 0.15) is 4.90 Å². The van der Waals surface area contributed by atoms with Gasteiger partial charge in [-0.1, -0.05) is 120 Å². The van der Waals surface area contributed by atoms with Crippen LogP contribution in [0.2, 0.25) is 15.1 Å². The highest BCUT2D eigenvalue weighted by Gasteiger charge is 2.37. The molecule has 4 saturated heterocycles. The van der Waals surface area contributed by atoms with Crippen LogP contribution in [0.4, 0.5) is 45.5 Å². The second-order valence-electron chi connectivity index (χ2n) is 32.7. The molecule has 4 aliphatic rings. The number of nitrogens with one attached hydrogen (secondary N) is 6. The molecule has 5 aromatic heterocycles. The average Bonchev–Trinajstić information content (AvgIpc) is 1.39. The third kappa shape index (κ3) is 21.2. The van der Waals surface area contributed by atoms with Crippen LogP contribution in [-0.2, 0) is 70.9 Å². The number of aromatic nitrogens is 5. The van der Waals surface area contributed by atoms with Crippen LogP contribution in [0.1, 0.15) is 34.3 Å². The number of carbonyl (C=O) groups is 1. The zero-order chi connectivity index (χ0) is 98.8. The highest BCUT2D eigenvalue weighted by molar-refractivity contribution is 7.94. The van der Waals surface area contributed by atoms with Crippen LogP contribution in [0.15, 0.2) is 319 Å². The molecule has 0 atom stereocenters. The molecule has 0 bridgehead atoms. The molecule has 9 heterocycles. The third-order valence-electron chi connectivity index (χ3n) is 23.6. The van der Waals surface area contributed by atoms with E-state index in [4.69, 9.17) is 34.8 Å². The fourth-order valence-electron chi connectivity index (χ4n) is 16.2. The Morgan fingerprint density at radius 1 is 0.371 bits per heavy atom. The van der Waals surface area contributed by atoms with Crippen LogP contribution in [0.5, 0.6) is 0 Å². The number of aryl methyl sites for hydroxylation is 2. The quantitative estimate of drug-likeness (QED) is 0.0438. The predicted molar refractivity (Wildman–Crippen MR) is 553 cm³/mol. The molecule has 0 spiro atoms. The summed E-state index contributed by atoms with van der Waals surface area (Å²) in [6.45, 7) is 6.80. The molecule has 42 heteroatoms. The average molecular weight is 2070 g/mol. The standard InChI is InChI=1S/C26H24N4O3S.C25H24N4O4S2.C24H20Cl2N4O4S2.C23H20ClN5O4S2/c1-18-7-10-21(17-24(18)25-23-6-3-2-5-19(23)13-15-27-25)29-26(31)20-8-11-22(12-9-20)30-16-4-14-28-34(30,32)33;1-18-7-8-20(17-24(18)25-23-6-4-3-5-19(23)13-14-26-25)27-34(30,31)22-11-9-21(10-12-22)29-16-15-28(2)35(29,32)33;1-29-12-13-30(36(29,33)34)18-7-9-23(22(26)15-18)35(31,32)28-17-6-8-21(25)20(14-17)24-19-5-3-2-4-16(19)10-11-27-24;24-21-8-3-17(14-20(21)23-9-2-16-15-25-12-10-22(16)27-23)28-34(30,31)19-6-4-18(5-7-19)29-13-1-11-26-35(29,32)33/h2-3,5-13,15,17,28H,4,14,16H2,1H3,(H,29,31);3-14,17,27H,15-16H2,1-2H3;2-11,14-15,28H,12-13H2,1H3;2-10,12,14-15,26,28H,1,11,13H2. The number of hydrogen-bond donors (Lipinski definition) is 6. The zero-order valence-electron chi connectivity index (χ0n) is 75.0. The van der Waals surface area contributed by atoms with E-state index in [1.807, 2.05) is 129 Å². The maximum atomic E-state index is 13.2. The van der Waals surface area contributed by atoms with Crippen LogP contribution < -0.4 is 46.1 Å². The van der Waals surface area contributed by atoms with Crippen molar-refractivity contribution in [3.63, 3.8) is 0 Å². The summed E-state index contributed by atoms with van der Waals surface area (Å²) in [6, 6.07) is 77.7. The van der Waals surface area contributed by atoms with Gasteiger partial charge < -0.3 is 5.32 Å². The zero-order valence-corrected chi connectivity index (χ0v) is 83.0. The van der Waals surface area contributed by atoms with E-state index in [0.29, 0.717) is 130 Å². The highest BCUT2D eigenvalue weighted by Crippen LogP contribution is 2.41. The third-order valence-corrected chi connectivity index (χ3v) is 35.8. The van der Waals surface area contributed by atoms with Gasteiger partial charge in [0, 0.05) is 170 Å². The molecule has 0 unspecified atom stereocenters. The van der Waals surface area contributed by atoms with Gasteiger partial charge in [-0.15, -0.1) is 0 Å². The summed E-state index contributed by atoms with van der Waals surface area (Å²) in [6.07, 6.45) is 9.94. The summed E-state index contributed by atoms with van der Waals surface area (Å²) in [5, 5.41) is 10.6. The number of sulfonamides is 3. The number of anilines is 8. The normalized spacial score (nSPS) is 15.7. The second-order valence-corrected chi connectivity index (χ2v) is 46.2. The molecular weight excluding hydrogens is 1990 g/mol. The van der Waals surface area contributed by atoms with Gasteiger partial charge >= 0.3 is 40.8 Å². The number of pyridine rings is 5. The van der Waals surface area contributed by atoms with Crippen molar-refractivity contribution < 1.29 is 63.7 Å². The smallest absolute Gasteiger partial charge is 0.303 e. The number of benzene rings is 11. The summed E-state index contributed by atoms with van der Waals surface area (Å²) in [5.41, 5.74) is 12.3. The van der Waals surface area contributed by atoms with Crippen LogP contribution in [0.25, 0.3) is 88.2 Å². The Kier molecular flexibility index (Phi) is 28.4. The Balaban J connectivity index is 0.000000129. The molecule has 20 rings (SSSR count). The van der Waals surface area contributed by atoms with Crippen molar-refractivity contribution in [1.29, 1.82) is 0 Å². The summed E-state index contributed by atoms with van der Waals surface area (Å²) >= 11 is 19.2. The molecule has 0 saturated carbocycles. The maximum Gasteiger partial charge on any atom is 0.303 e. The van der Waals surface area contributed by atoms with Crippen LogP contribution in [0, 0.1) is 13.8 Å². The number of fused-ring (bicyclic) bond motifs is 4. The van der Waals surface area contributed by atoms with Gasteiger partial charge in [-0.25, -0.2) is 30.2 Å². The van der Waals surface area contributed by atoms with Gasteiger partial charge in [-0.05, 0) is 242 Å². The lowest BCUT2D eigenvalue weighted by atomic mass is 9.99. The van der Waals surface area contributed by atoms with Crippen molar-refractivity contribution in [2.24, 2.45) is 0 Å². The van der Waals surface area contributed by atoms with Crippen LogP contribution >= 0.6 is 34.8 Å². The number of rotatable bonds is 19. The lowest BCUT2D eigenvalue weighted by Gasteiger charge is -2.28. The first-order valence-electron chi connectivity index (χ1n) is 43.5. The molecule has 718 valence electrons. The van der Waals surface area contributed by atoms with Crippen molar-refractivity contribution in [2.75, 3.05) is 103 Å². The molecule has 0 aliphatic carbocycles. The Labute approximate surface area is 825 Å². The number of nitrogens with zero attached hydrogens (tertiary/aromatic N) is 11. The number of halogens is 3. The molecule has 32 nitrogen and oxygen atoms in total. The van der Waals surface area contributed by atoms with Gasteiger partial charge in [0.25, 0.3) is 36.0 Å². The molecule has 4 aliphatic heterocycles. The van der Waals surface area contributed by atoms with Gasteiger partial charge in [0.15, 0.2) is 0 Å². The lowest BCUT2D eigenvalue weighted by molar-refractivity contribution is 0.102. The molecule has 140 heavy (non-hydrogen) atoms. The van der Waals surface area contributed by atoms with Crippen molar-refractivity contribution in [2.45, 2.75) is 41.4 Å². The van der Waals surface area contributed by atoms with E-state index in [2.05, 4.69) is 59.9 Å². The van der Waals surface area contributed by atoms with E-state index < -0.39 is 70.9 Å². The summed E-state index contributed by atoms with van der Waals surface area (Å²) in [7, 11) is -23.3. The monoisotopic (exact) mass is 2070 g/mol. The van der Waals surface area contributed by atoms with Crippen molar-refractivity contribution in [3.05, 3.63) is 336 Å². The van der Waals surface area contributed by atoms with Gasteiger partial charge in [-0.2, -0.15) is 51.7 Å². The maximum absolute atomic E-state index is 13.2. The number of hydrogen-bond acceptors (Lipinski definition) is 20. The van der Waals surface area contributed by atoms with E-state index in [1.54, 1.807) is 116 Å². The molecule has 0 radical (unpaired) electrons. The van der Waals surface area contributed by atoms with E-state index in [1.165, 1.54) is 107 Å². The van der Waals surface area contributed by atoms with Crippen molar-refractivity contribution >= 4 is 200 Å². The van der Waals surface area contributed by atoms with Gasteiger partial charge in [0.2, 0.25) is 0 Å². The SMILES string of the molecule is CN1CCN(c2ccc(S(=O)(=O)Nc3ccc(Cl)c(-c4nccc5ccccc45)c3)c(Cl)c2)S1(=O)=O.Cc1ccc(NC(=O)c2ccc(N3CCCNS3(=O)=O)cc2)cc1-c1nccc2ccccc12.Cc1ccc(NS(=O)(=O)c2ccc(N3CCN(C)S3(=O)=O)cc2)cc1-c1nccc2ccccc12.O=S(=O)(Nc1ccc(Cl)c(-c2ccc3cnccc3n2)c1)c1ccc(N2CCCNS2(=O)=O)cc1. The Hall–Kier alpha value is -13.4. The summed E-state index contributed by atoms with van der Waals surface area (Å²) in [5.74, 6) is -0.271. The van der Waals surface area contributed by atoms with Crippen LogP contribution in [-0.4, -0.2) is 165 Å². The fraction of sp³-hybridized carbons (Fsp3) is 0.143. The van der Waals surface area contributed by atoms with Gasteiger partial charge in [0.05, 0.1) is 75.9 Å². The number of likely N-dealkylation sites (N-methyl/N-ethyl adjacent to an activating group) is 2. The van der Waals surface area contributed by atoms with Crippen molar-refractivity contribution in [1.82, 2.24) is 43.0 Å². The summed E-state index contributed by atoms with van der Waals surface area (Å²) < 4.78 is 197. The Morgan fingerprint density at radius 3 is 1.25 bits per heavy atom. The minimum absolute atomic E-state index is 0.00329. The molecule has 1 amide bonds. The molecular formula is C98H88Cl3N17O15S7. The Bertz CT molecular complexity index is 8400. The van der Waals surface area contributed by atoms with Gasteiger partial charge in [-0.3, -0.25) is 56.1 Å². The number of amides is 1. The van der Waals surface area contributed by atoms with Crippen LogP contribution in [0.3, 0.4) is 0 Å². The van der Waals surface area contributed by atoms with E-state index in [-0.39, 0.29) is 37.8 Å². The summed E-state index contributed by atoms with van der Waals surface area (Å²) in [4.78, 5) is 35.1. The highest BCUT2D eigenvalue weighted by atomic mass is 35.5. The largest absolute Gasteiger partial charge is 0.322 e. The topological polar surface area (TPSA) is 412 Å². The molecule has 11 aromatic carbocycles. The minimum atomic E-state index is -4.10. The number of carbonyl (C=O) groups excluding carboxylic acids is 1. The first-order valence-corrected chi connectivity index (χ1v) is 54.7. The predicted octanol–water partition coefficient (Wildman–Crippen LogP) is 17.3. The molecule has 4 fully saturated rings. The van der Waals surface area contributed by atoms with E-state index >= 15 is 0 Å². The minimum Gasteiger partial charge on any atom is -0.322 e. The Morgan fingerprint density at radius 2 is 0.779 bits per heavy atom. The lowest BCUT2D eigenvalue weighted by Crippen LogP contribution is -2.47. The van der Waals surface area contributed by atoms with Crippen molar-refractivity contribution in [3.8, 4) is 45.0 Å². The molecule has 16 aromatic rings. The van der Waals surface area contributed by atoms with E-state index in [9.17, 15) is 63.7 Å². The first kappa shape index (κ1) is 98.3. The fourth-order valence-corrected chi connectivity index (χ4v) is 25.7. The van der Waals surface area contributed by atoms with E-state index in [0.717, 1.165) is 83.3 Å². The molecule has 6 N–H and O–H groups in total. The first-order chi connectivity index (χ1) is 66.9. The second kappa shape index (κ2) is 40.5.